The highest BCUT2D eigenvalue weighted by Crippen LogP contribution is 2.12. The fraction of sp³-hybridized carbons (Fsp3) is 0.450. The standard InChI is InChI=1S/C20H27N5O/c1-4-24-8-10-25(11-9-24)19(26)18-13-16(3)22-20(23-18)21-14-17-7-5-6-15(2)12-17/h5-7,12-13H,4,8-11,14H2,1-3H3,(H,21,22,23). The number of carbonyl (C=O) groups is 1. The van der Waals surface area contributed by atoms with Gasteiger partial charge in [-0.15, -0.1) is 0 Å². The first-order chi connectivity index (χ1) is 12.5. The van der Waals surface area contributed by atoms with Crippen LogP contribution in [0.1, 0.15) is 34.2 Å². The summed E-state index contributed by atoms with van der Waals surface area (Å²) in [6, 6.07) is 10.1. The lowest BCUT2D eigenvalue weighted by Crippen LogP contribution is -2.48. The first-order valence-corrected chi connectivity index (χ1v) is 9.22. The van der Waals surface area contributed by atoms with Gasteiger partial charge in [0.15, 0.2) is 0 Å². The maximum atomic E-state index is 12.8. The molecule has 1 aromatic carbocycles. The molecule has 0 spiro atoms. The van der Waals surface area contributed by atoms with Crippen molar-refractivity contribution < 1.29 is 4.79 Å². The lowest BCUT2D eigenvalue weighted by molar-refractivity contribution is 0.0637. The Kier molecular flexibility index (Phi) is 5.83. The topological polar surface area (TPSA) is 61.4 Å². The molecule has 1 aromatic heterocycles. The van der Waals surface area contributed by atoms with Gasteiger partial charge in [0.05, 0.1) is 0 Å². The third kappa shape index (κ3) is 4.58. The number of piperazine rings is 1. The molecular weight excluding hydrogens is 326 g/mol. The predicted molar refractivity (Wildman–Crippen MR) is 103 cm³/mol. The second kappa shape index (κ2) is 8.27. The van der Waals surface area contributed by atoms with Crippen LogP contribution in [0.2, 0.25) is 0 Å². The Balaban J connectivity index is 1.68. The number of anilines is 1. The first-order valence-electron chi connectivity index (χ1n) is 9.22. The average Bonchev–Trinajstić information content (AvgIpc) is 2.65. The number of benzene rings is 1. The maximum Gasteiger partial charge on any atom is 0.272 e. The van der Waals surface area contributed by atoms with Crippen LogP contribution in [0.25, 0.3) is 0 Å². The van der Waals surface area contributed by atoms with Crippen molar-refractivity contribution in [1.82, 2.24) is 19.8 Å². The second-order valence-corrected chi connectivity index (χ2v) is 6.79. The van der Waals surface area contributed by atoms with Crippen LogP contribution in [-0.4, -0.2) is 58.4 Å². The lowest BCUT2D eigenvalue weighted by Gasteiger charge is -2.33. The maximum absolute atomic E-state index is 12.8. The summed E-state index contributed by atoms with van der Waals surface area (Å²) in [5.41, 5.74) is 3.65. The van der Waals surface area contributed by atoms with Gasteiger partial charge in [0.1, 0.15) is 5.69 Å². The van der Waals surface area contributed by atoms with E-state index in [1.807, 2.05) is 17.9 Å². The van der Waals surface area contributed by atoms with Gasteiger partial charge in [0.25, 0.3) is 5.91 Å². The third-order valence-corrected chi connectivity index (χ3v) is 4.71. The zero-order valence-electron chi connectivity index (χ0n) is 15.8. The average molecular weight is 353 g/mol. The van der Waals surface area contributed by atoms with E-state index in [0.29, 0.717) is 18.2 Å². The SMILES string of the molecule is CCN1CCN(C(=O)c2cc(C)nc(NCc3cccc(C)c3)n2)CC1. The molecule has 0 radical (unpaired) electrons. The minimum Gasteiger partial charge on any atom is -0.350 e. The third-order valence-electron chi connectivity index (χ3n) is 4.71. The molecule has 26 heavy (non-hydrogen) atoms. The van der Waals surface area contributed by atoms with Gasteiger partial charge in [-0.1, -0.05) is 36.8 Å². The van der Waals surface area contributed by atoms with Crippen molar-refractivity contribution in [2.75, 3.05) is 38.0 Å². The summed E-state index contributed by atoms with van der Waals surface area (Å²) in [6.07, 6.45) is 0. The Morgan fingerprint density at radius 2 is 1.88 bits per heavy atom. The molecule has 1 amide bonds. The number of hydrogen-bond acceptors (Lipinski definition) is 5. The van der Waals surface area contributed by atoms with Crippen molar-refractivity contribution in [2.24, 2.45) is 0 Å². The van der Waals surface area contributed by atoms with E-state index in [4.69, 9.17) is 0 Å². The molecule has 1 aliphatic heterocycles. The monoisotopic (exact) mass is 353 g/mol. The van der Waals surface area contributed by atoms with Gasteiger partial charge in [-0.3, -0.25) is 4.79 Å². The quantitative estimate of drug-likeness (QED) is 0.895. The smallest absolute Gasteiger partial charge is 0.272 e. The van der Waals surface area contributed by atoms with E-state index >= 15 is 0 Å². The van der Waals surface area contributed by atoms with Gasteiger partial charge in [0.2, 0.25) is 5.95 Å². The van der Waals surface area contributed by atoms with Crippen LogP contribution in [-0.2, 0) is 6.54 Å². The molecular formula is C20H27N5O. The Labute approximate surface area is 155 Å². The zero-order valence-corrected chi connectivity index (χ0v) is 15.8. The van der Waals surface area contributed by atoms with Crippen LogP contribution in [0.15, 0.2) is 30.3 Å². The molecule has 1 N–H and O–H groups in total. The molecule has 2 aromatic rings. The first kappa shape index (κ1) is 18.3. The molecule has 1 fully saturated rings. The van der Waals surface area contributed by atoms with Crippen LogP contribution < -0.4 is 5.32 Å². The minimum absolute atomic E-state index is 0.00939. The largest absolute Gasteiger partial charge is 0.350 e. The van der Waals surface area contributed by atoms with E-state index in [-0.39, 0.29) is 5.91 Å². The molecule has 6 nitrogen and oxygen atoms in total. The molecule has 6 heteroatoms. The number of rotatable bonds is 5. The number of hydrogen-bond donors (Lipinski definition) is 1. The van der Waals surface area contributed by atoms with Crippen molar-refractivity contribution in [3.8, 4) is 0 Å². The van der Waals surface area contributed by atoms with Gasteiger partial charge in [-0.05, 0) is 32.0 Å². The van der Waals surface area contributed by atoms with Crippen LogP contribution in [0.5, 0.6) is 0 Å². The number of carbonyl (C=O) groups excluding carboxylic acids is 1. The normalized spacial score (nSPS) is 15.1. The summed E-state index contributed by atoms with van der Waals surface area (Å²) in [5.74, 6) is 0.493. The van der Waals surface area contributed by atoms with E-state index in [1.54, 1.807) is 6.07 Å². The van der Waals surface area contributed by atoms with E-state index < -0.39 is 0 Å². The molecule has 0 unspecified atom stereocenters. The molecule has 2 heterocycles. The van der Waals surface area contributed by atoms with Crippen LogP contribution in [0, 0.1) is 13.8 Å². The lowest BCUT2D eigenvalue weighted by atomic mass is 10.1. The molecule has 1 aliphatic rings. The Morgan fingerprint density at radius 3 is 2.58 bits per heavy atom. The van der Waals surface area contributed by atoms with Crippen molar-refractivity contribution in [3.05, 3.63) is 52.8 Å². The number of nitrogens with one attached hydrogen (secondary N) is 1. The van der Waals surface area contributed by atoms with Crippen molar-refractivity contribution in [1.29, 1.82) is 0 Å². The number of aromatic nitrogens is 2. The molecule has 0 aliphatic carbocycles. The minimum atomic E-state index is -0.00939. The second-order valence-electron chi connectivity index (χ2n) is 6.79. The highest BCUT2D eigenvalue weighted by Gasteiger charge is 2.23. The van der Waals surface area contributed by atoms with Gasteiger partial charge >= 0.3 is 0 Å². The van der Waals surface area contributed by atoms with E-state index in [2.05, 4.69) is 52.2 Å². The molecule has 138 valence electrons. The summed E-state index contributed by atoms with van der Waals surface area (Å²) < 4.78 is 0. The highest BCUT2D eigenvalue weighted by atomic mass is 16.2. The number of amides is 1. The van der Waals surface area contributed by atoms with E-state index in [1.165, 1.54) is 11.1 Å². The van der Waals surface area contributed by atoms with Crippen LogP contribution in [0.3, 0.4) is 0 Å². The fourth-order valence-corrected chi connectivity index (χ4v) is 3.19. The summed E-state index contributed by atoms with van der Waals surface area (Å²) in [6.45, 7) is 11.1. The highest BCUT2D eigenvalue weighted by molar-refractivity contribution is 5.92. The van der Waals surface area contributed by atoms with E-state index in [0.717, 1.165) is 38.4 Å². The predicted octanol–water partition coefficient (Wildman–Crippen LogP) is 2.48. The van der Waals surface area contributed by atoms with E-state index in [9.17, 15) is 4.79 Å². The molecule has 0 bridgehead atoms. The molecule has 0 atom stereocenters. The Morgan fingerprint density at radius 1 is 1.12 bits per heavy atom. The van der Waals surface area contributed by atoms with Gasteiger partial charge in [-0.2, -0.15) is 0 Å². The summed E-state index contributed by atoms with van der Waals surface area (Å²) >= 11 is 0. The van der Waals surface area contributed by atoms with Crippen LogP contribution in [0.4, 0.5) is 5.95 Å². The van der Waals surface area contributed by atoms with Crippen molar-refractivity contribution in [3.63, 3.8) is 0 Å². The zero-order chi connectivity index (χ0) is 18.5. The molecule has 1 saturated heterocycles. The van der Waals surface area contributed by atoms with Gasteiger partial charge in [-0.25, -0.2) is 9.97 Å². The molecule has 3 rings (SSSR count). The number of nitrogens with zero attached hydrogens (tertiary/aromatic N) is 4. The Hall–Kier alpha value is -2.47. The summed E-state index contributed by atoms with van der Waals surface area (Å²) in [7, 11) is 0. The number of aryl methyl sites for hydroxylation is 2. The molecule has 0 saturated carbocycles. The van der Waals surface area contributed by atoms with Gasteiger partial charge in [0, 0.05) is 38.4 Å². The summed E-state index contributed by atoms with van der Waals surface area (Å²) in [4.78, 5) is 25.9. The number of likely N-dealkylation sites (N-methyl/N-ethyl adjacent to an activating group) is 1. The van der Waals surface area contributed by atoms with Crippen molar-refractivity contribution in [2.45, 2.75) is 27.3 Å². The fourth-order valence-electron chi connectivity index (χ4n) is 3.19. The Bertz CT molecular complexity index is 769. The summed E-state index contributed by atoms with van der Waals surface area (Å²) in [5, 5.41) is 3.24. The van der Waals surface area contributed by atoms with Crippen molar-refractivity contribution >= 4 is 11.9 Å². The van der Waals surface area contributed by atoms with Crippen LogP contribution >= 0.6 is 0 Å². The van der Waals surface area contributed by atoms with Gasteiger partial charge < -0.3 is 15.1 Å².